The number of aromatic nitrogens is 2. The van der Waals surface area contributed by atoms with E-state index in [1.807, 2.05) is 0 Å². The number of para-hydroxylation sites is 1. The van der Waals surface area contributed by atoms with Gasteiger partial charge in [0.25, 0.3) is 11.5 Å². The van der Waals surface area contributed by atoms with Crippen molar-refractivity contribution in [3.63, 3.8) is 0 Å². The minimum atomic E-state index is -0.739. The van der Waals surface area contributed by atoms with Crippen molar-refractivity contribution < 1.29 is 18.3 Å². The Balaban J connectivity index is 1.46. The van der Waals surface area contributed by atoms with Gasteiger partial charge in [0.05, 0.1) is 10.6 Å². The molecule has 1 amide bonds. The molecule has 0 aliphatic carbocycles. The maximum atomic E-state index is 14.9. The average Bonchev–Trinajstić information content (AvgIpc) is 3.13. The van der Waals surface area contributed by atoms with Gasteiger partial charge in [0.15, 0.2) is 11.6 Å². The predicted molar refractivity (Wildman–Crippen MR) is 134 cm³/mol. The van der Waals surface area contributed by atoms with Gasteiger partial charge in [0, 0.05) is 30.7 Å². The molecule has 36 heavy (non-hydrogen) atoms. The predicted octanol–water partition coefficient (Wildman–Crippen LogP) is 5.46. The summed E-state index contributed by atoms with van der Waals surface area (Å²) in [6.45, 7) is 0.768. The lowest BCUT2D eigenvalue weighted by Crippen LogP contribution is -2.28. The maximum absolute atomic E-state index is 14.9. The minimum absolute atomic E-state index is 0.0636. The second-order valence-electron chi connectivity index (χ2n) is 7.86. The van der Waals surface area contributed by atoms with Crippen molar-refractivity contribution in [2.45, 2.75) is 11.3 Å². The van der Waals surface area contributed by atoms with E-state index in [1.165, 1.54) is 65.4 Å². The zero-order valence-corrected chi connectivity index (χ0v) is 19.6. The van der Waals surface area contributed by atoms with Crippen molar-refractivity contribution in [2.75, 3.05) is 22.9 Å². The number of carbonyl (C=O) groups is 1. The molecule has 3 heterocycles. The smallest absolute Gasteiger partial charge is 0.267 e. The molecule has 2 aromatic heterocycles. The third kappa shape index (κ3) is 4.80. The highest BCUT2D eigenvalue weighted by atomic mass is 32.2. The third-order valence-corrected chi connectivity index (χ3v) is 6.63. The SMILES string of the molecule is O=C(Nc1cccc(F)c1Oc1ccnc2c1SCCCN2)c1cccn(-c2ccc(F)cc2)c1=O. The molecular weight excluding hydrogens is 486 g/mol. The summed E-state index contributed by atoms with van der Waals surface area (Å²) in [6.07, 6.45) is 3.98. The first kappa shape index (κ1) is 23.6. The average molecular weight is 507 g/mol. The molecule has 4 aromatic rings. The molecule has 7 nitrogen and oxygen atoms in total. The first-order valence-electron chi connectivity index (χ1n) is 11.1. The molecule has 0 unspecified atom stereocenters. The van der Waals surface area contributed by atoms with Crippen LogP contribution < -0.4 is 20.9 Å². The van der Waals surface area contributed by atoms with E-state index >= 15 is 0 Å². The summed E-state index contributed by atoms with van der Waals surface area (Å²) in [5.41, 5.74) is -0.318. The van der Waals surface area contributed by atoms with Crippen LogP contribution in [0.15, 0.2) is 82.7 Å². The van der Waals surface area contributed by atoms with E-state index in [-0.39, 0.29) is 17.0 Å². The number of anilines is 2. The fourth-order valence-corrected chi connectivity index (χ4v) is 4.72. The van der Waals surface area contributed by atoms with Gasteiger partial charge in [-0.3, -0.25) is 14.2 Å². The number of nitrogens with one attached hydrogen (secondary N) is 2. The van der Waals surface area contributed by atoms with Crippen LogP contribution in [0.2, 0.25) is 0 Å². The van der Waals surface area contributed by atoms with Crippen molar-refractivity contribution in [1.29, 1.82) is 0 Å². The fraction of sp³-hybridized carbons (Fsp3) is 0.115. The lowest BCUT2D eigenvalue weighted by atomic mass is 10.2. The maximum Gasteiger partial charge on any atom is 0.267 e. The first-order chi connectivity index (χ1) is 17.5. The summed E-state index contributed by atoms with van der Waals surface area (Å²) in [5.74, 6) is -0.144. The minimum Gasteiger partial charge on any atom is -0.451 e. The largest absolute Gasteiger partial charge is 0.451 e. The normalized spacial score (nSPS) is 12.7. The Hall–Kier alpha value is -4.18. The van der Waals surface area contributed by atoms with Crippen LogP contribution in [-0.4, -0.2) is 27.8 Å². The van der Waals surface area contributed by atoms with Crippen LogP contribution in [0.3, 0.4) is 0 Å². The molecule has 1 aliphatic rings. The van der Waals surface area contributed by atoms with Crippen molar-refractivity contribution in [1.82, 2.24) is 9.55 Å². The van der Waals surface area contributed by atoms with Gasteiger partial charge in [-0.2, -0.15) is 0 Å². The number of halogens is 2. The number of hydrogen-bond acceptors (Lipinski definition) is 6. The summed E-state index contributed by atoms with van der Waals surface area (Å²) in [5, 5.41) is 5.82. The summed E-state index contributed by atoms with van der Waals surface area (Å²) in [6, 6.07) is 14.0. The molecule has 10 heteroatoms. The highest BCUT2D eigenvalue weighted by molar-refractivity contribution is 7.99. The van der Waals surface area contributed by atoms with Crippen molar-refractivity contribution in [3.8, 4) is 17.2 Å². The Morgan fingerprint density at radius 2 is 1.92 bits per heavy atom. The molecule has 5 rings (SSSR count). The first-order valence-corrected chi connectivity index (χ1v) is 12.1. The number of carbonyl (C=O) groups excluding carboxylic acids is 1. The lowest BCUT2D eigenvalue weighted by Gasteiger charge is -2.16. The van der Waals surface area contributed by atoms with Crippen LogP contribution in [0.4, 0.5) is 20.3 Å². The molecule has 0 fully saturated rings. The van der Waals surface area contributed by atoms with Gasteiger partial charge in [-0.25, -0.2) is 13.8 Å². The van der Waals surface area contributed by atoms with E-state index in [4.69, 9.17) is 4.74 Å². The molecule has 0 saturated carbocycles. The van der Waals surface area contributed by atoms with E-state index in [2.05, 4.69) is 15.6 Å². The second kappa shape index (κ2) is 10.2. The standard InChI is InChI=1S/C26H20F2N4O3S/c27-16-7-9-17(10-8-16)32-14-2-4-18(26(32)34)25(33)31-20-6-1-5-19(28)22(20)35-21-11-13-30-24-23(21)36-15-3-12-29-24/h1-2,4-11,13-14H,3,12,15H2,(H,29,30)(H,31,33). The van der Waals surface area contributed by atoms with E-state index in [1.54, 1.807) is 24.0 Å². The highest BCUT2D eigenvalue weighted by Crippen LogP contribution is 2.41. The number of ether oxygens (including phenoxy) is 1. The molecule has 1 aliphatic heterocycles. The van der Waals surface area contributed by atoms with E-state index in [0.29, 0.717) is 17.3 Å². The zero-order chi connectivity index (χ0) is 25.1. The molecule has 0 saturated heterocycles. The number of thioether (sulfide) groups is 1. The third-order valence-electron chi connectivity index (χ3n) is 5.45. The Bertz CT molecular complexity index is 1490. The van der Waals surface area contributed by atoms with Crippen molar-refractivity contribution in [2.24, 2.45) is 0 Å². The Kier molecular flexibility index (Phi) is 6.68. The highest BCUT2D eigenvalue weighted by Gasteiger charge is 2.21. The van der Waals surface area contributed by atoms with E-state index in [0.717, 1.165) is 23.6 Å². The topological polar surface area (TPSA) is 85.2 Å². The molecule has 182 valence electrons. The number of rotatable bonds is 5. The van der Waals surface area contributed by atoms with Crippen molar-refractivity contribution in [3.05, 3.63) is 101 Å². The van der Waals surface area contributed by atoms with Crippen LogP contribution in [0.5, 0.6) is 11.5 Å². The molecular formula is C26H20F2N4O3S. The Labute approximate surface area is 209 Å². The number of fused-ring (bicyclic) bond motifs is 1. The van der Waals surface area contributed by atoms with Gasteiger partial charge < -0.3 is 15.4 Å². The molecule has 2 aromatic carbocycles. The fourth-order valence-electron chi connectivity index (χ4n) is 3.71. The van der Waals surface area contributed by atoms with E-state index in [9.17, 15) is 18.4 Å². The molecule has 2 N–H and O–H groups in total. The zero-order valence-electron chi connectivity index (χ0n) is 18.8. The van der Waals surface area contributed by atoms with Crippen LogP contribution in [0.1, 0.15) is 16.8 Å². The number of pyridine rings is 2. The van der Waals surface area contributed by atoms with E-state index < -0.39 is 23.1 Å². The summed E-state index contributed by atoms with van der Waals surface area (Å²) in [7, 11) is 0. The monoisotopic (exact) mass is 506 g/mol. The number of amides is 1. The van der Waals surface area contributed by atoms with Gasteiger partial charge in [-0.05, 0) is 60.7 Å². The number of benzene rings is 2. The molecule has 0 atom stereocenters. The van der Waals surface area contributed by atoms with Gasteiger partial charge in [0.1, 0.15) is 22.9 Å². The summed E-state index contributed by atoms with van der Waals surface area (Å²) >= 11 is 1.55. The van der Waals surface area contributed by atoms with Gasteiger partial charge in [-0.1, -0.05) is 6.07 Å². The number of nitrogens with zero attached hydrogens (tertiary/aromatic N) is 2. The van der Waals surface area contributed by atoms with Gasteiger partial charge in [-0.15, -0.1) is 11.8 Å². The van der Waals surface area contributed by atoms with Gasteiger partial charge >= 0.3 is 0 Å². The second-order valence-corrected chi connectivity index (χ2v) is 8.97. The van der Waals surface area contributed by atoms with Gasteiger partial charge in [0.2, 0.25) is 0 Å². The number of hydrogen-bond donors (Lipinski definition) is 2. The summed E-state index contributed by atoms with van der Waals surface area (Å²) in [4.78, 5) is 31.2. The lowest BCUT2D eigenvalue weighted by molar-refractivity contribution is 0.102. The molecule has 0 bridgehead atoms. The summed E-state index contributed by atoms with van der Waals surface area (Å²) < 4.78 is 35.4. The Morgan fingerprint density at radius 3 is 2.75 bits per heavy atom. The van der Waals surface area contributed by atoms with Crippen molar-refractivity contribution >= 4 is 29.2 Å². The van der Waals surface area contributed by atoms with Crippen LogP contribution in [-0.2, 0) is 0 Å². The van der Waals surface area contributed by atoms with Crippen LogP contribution in [0.25, 0.3) is 5.69 Å². The quantitative estimate of drug-likeness (QED) is 0.374. The van der Waals surface area contributed by atoms with Crippen LogP contribution in [0, 0.1) is 11.6 Å². The molecule has 0 radical (unpaired) electrons. The van der Waals surface area contributed by atoms with Crippen LogP contribution >= 0.6 is 11.8 Å². The Morgan fingerprint density at radius 1 is 1.08 bits per heavy atom. The molecule has 0 spiro atoms.